The van der Waals surface area contributed by atoms with Gasteiger partial charge in [-0.3, -0.25) is 10.1 Å². The lowest BCUT2D eigenvalue weighted by Gasteiger charge is -2.28. The molecule has 0 aliphatic carbocycles. The molecule has 1 aromatic carbocycles. The molecule has 0 atom stereocenters. The molecule has 0 amide bonds. The first-order valence-corrected chi connectivity index (χ1v) is 7.39. The SMILES string of the molecule is N#Cc1ccc(N2CCS(=O)(=O)CC2)c([N+](=O)[O-])c1. The predicted molar refractivity (Wildman–Crippen MR) is 68.7 cm³/mol. The Hall–Kier alpha value is -2.14. The summed E-state index contributed by atoms with van der Waals surface area (Å²) >= 11 is 0. The van der Waals surface area contributed by atoms with Gasteiger partial charge in [0.05, 0.1) is 28.1 Å². The maximum Gasteiger partial charge on any atom is 0.293 e. The van der Waals surface area contributed by atoms with Gasteiger partial charge in [-0.15, -0.1) is 0 Å². The summed E-state index contributed by atoms with van der Waals surface area (Å²) < 4.78 is 22.7. The van der Waals surface area contributed by atoms with Crippen LogP contribution in [0.4, 0.5) is 11.4 Å². The van der Waals surface area contributed by atoms with Crippen molar-refractivity contribution < 1.29 is 13.3 Å². The zero-order valence-corrected chi connectivity index (χ0v) is 10.8. The molecule has 0 aromatic heterocycles. The van der Waals surface area contributed by atoms with Gasteiger partial charge in [0.15, 0.2) is 9.84 Å². The molecule has 7 nitrogen and oxygen atoms in total. The number of nitrogens with zero attached hydrogens (tertiary/aromatic N) is 3. The van der Waals surface area contributed by atoms with Gasteiger partial charge in [-0.2, -0.15) is 5.26 Å². The number of nitro groups is 1. The molecule has 1 fully saturated rings. The molecule has 1 aromatic rings. The molecular weight excluding hydrogens is 270 g/mol. The lowest BCUT2D eigenvalue weighted by Crippen LogP contribution is -2.40. The normalized spacial score (nSPS) is 17.7. The first-order valence-electron chi connectivity index (χ1n) is 5.57. The number of benzene rings is 1. The van der Waals surface area contributed by atoms with Gasteiger partial charge >= 0.3 is 0 Å². The number of nitro benzene ring substituents is 1. The molecule has 8 heteroatoms. The van der Waals surface area contributed by atoms with E-state index in [4.69, 9.17) is 5.26 Å². The van der Waals surface area contributed by atoms with Crippen molar-refractivity contribution in [2.24, 2.45) is 0 Å². The van der Waals surface area contributed by atoms with E-state index in [0.29, 0.717) is 5.69 Å². The van der Waals surface area contributed by atoms with Crippen molar-refractivity contribution in [3.8, 4) is 6.07 Å². The fraction of sp³-hybridized carbons (Fsp3) is 0.364. The summed E-state index contributed by atoms with van der Waals surface area (Å²) in [6, 6.07) is 6.04. The number of hydrogen-bond donors (Lipinski definition) is 0. The van der Waals surface area contributed by atoms with Crippen molar-refractivity contribution in [3.63, 3.8) is 0 Å². The number of rotatable bonds is 2. The van der Waals surface area contributed by atoms with E-state index < -0.39 is 14.8 Å². The Labute approximate surface area is 110 Å². The molecule has 0 bridgehead atoms. The van der Waals surface area contributed by atoms with Crippen LogP contribution in [0.3, 0.4) is 0 Å². The Morgan fingerprint density at radius 2 is 1.95 bits per heavy atom. The van der Waals surface area contributed by atoms with E-state index in [1.54, 1.807) is 4.90 Å². The minimum absolute atomic E-state index is 0.00977. The molecule has 1 saturated heterocycles. The van der Waals surface area contributed by atoms with Crippen LogP contribution < -0.4 is 4.90 Å². The average Bonchev–Trinajstić information content (AvgIpc) is 2.38. The maximum absolute atomic E-state index is 11.3. The van der Waals surface area contributed by atoms with E-state index in [0.717, 1.165) is 0 Å². The van der Waals surface area contributed by atoms with Crippen LogP contribution in [0.25, 0.3) is 0 Å². The van der Waals surface area contributed by atoms with Crippen LogP contribution in [0, 0.1) is 21.4 Å². The summed E-state index contributed by atoms with van der Waals surface area (Å²) in [6.45, 7) is 0.462. The number of nitriles is 1. The second-order valence-corrected chi connectivity index (χ2v) is 6.51. The van der Waals surface area contributed by atoms with Crippen molar-refractivity contribution in [3.05, 3.63) is 33.9 Å². The minimum Gasteiger partial charge on any atom is -0.364 e. The minimum atomic E-state index is -3.03. The summed E-state index contributed by atoms with van der Waals surface area (Å²) in [5, 5.41) is 19.8. The highest BCUT2D eigenvalue weighted by atomic mass is 32.2. The van der Waals surface area contributed by atoms with Crippen LogP contribution in [-0.4, -0.2) is 37.9 Å². The summed E-state index contributed by atoms with van der Waals surface area (Å²) in [5.74, 6) is -0.0195. The summed E-state index contributed by atoms with van der Waals surface area (Å²) in [6.07, 6.45) is 0. The second kappa shape index (κ2) is 4.85. The topological polar surface area (TPSA) is 104 Å². The largest absolute Gasteiger partial charge is 0.364 e. The Morgan fingerprint density at radius 3 is 2.47 bits per heavy atom. The lowest BCUT2D eigenvalue weighted by molar-refractivity contribution is -0.384. The average molecular weight is 281 g/mol. The van der Waals surface area contributed by atoms with Crippen LogP contribution in [0.5, 0.6) is 0 Å². The molecular formula is C11H11N3O4S. The van der Waals surface area contributed by atoms with Crippen LogP contribution >= 0.6 is 0 Å². The van der Waals surface area contributed by atoms with E-state index in [-0.39, 0.29) is 35.8 Å². The molecule has 1 heterocycles. The molecule has 0 unspecified atom stereocenters. The quantitative estimate of drug-likeness (QED) is 0.583. The Balaban J connectivity index is 2.35. The molecule has 2 rings (SSSR count). The molecule has 19 heavy (non-hydrogen) atoms. The third-order valence-corrected chi connectivity index (χ3v) is 4.60. The molecule has 0 saturated carbocycles. The van der Waals surface area contributed by atoms with Crippen LogP contribution in [-0.2, 0) is 9.84 Å². The summed E-state index contributed by atoms with van der Waals surface area (Å²) in [7, 11) is -3.03. The Bertz CT molecular complexity index is 649. The molecule has 0 N–H and O–H groups in total. The van der Waals surface area contributed by atoms with E-state index in [9.17, 15) is 18.5 Å². The Kier molecular flexibility index (Phi) is 3.40. The maximum atomic E-state index is 11.3. The second-order valence-electron chi connectivity index (χ2n) is 4.21. The first kappa shape index (κ1) is 13.3. The van der Waals surface area contributed by atoms with Crippen molar-refractivity contribution in [1.29, 1.82) is 5.26 Å². The summed E-state index contributed by atoms with van der Waals surface area (Å²) in [4.78, 5) is 12.1. The zero-order chi connectivity index (χ0) is 14.0. The van der Waals surface area contributed by atoms with E-state index in [1.807, 2.05) is 6.07 Å². The predicted octanol–water partition coefficient (Wildman–Crippen LogP) is 0.701. The van der Waals surface area contributed by atoms with Crippen molar-refractivity contribution >= 4 is 21.2 Å². The monoisotopic (exact) mass is 281 g/mol. The van der Waals surface area contributed by atoms with Gasteiger partial charge in [0.2, 0.25) is 0 Å². The van der Waals surface area contributed by atoms with Crippen LogP contribution in [0.2, 0.25) is 0 Å². The number of anilines is 1. The molecule has 1 aliphatic heterocycles. The van der Waals surface area contributed by atoms with Gasteiger partial charge in [-0.1, -0.05) is 0 Å². The fourth-order valence-corrected chi connectivity index (χ4v) is 3.16. The fourth-order valence-electron chi connectivity index (χ4n) is 1.96. The molecule has 0 radical (unpaired) electrons. The van der Waals surface area contributed by atoms with Gasteiger partial charge < -0.3 is 4.90 Å². The molecule has 100 valence electrons. The highest BCUT2D eigenvalue weighted by Gasteiger charge is 2.26. The van der Waals surface area contributed by atoms with E-state index in [1.165, 1.54) is 18.2 Å². The number of hydrogen-bond acceptors (Lipinski definition) is 6. The van der Waals surface area contributed by atoms with Crippen LogP contribution in [0.1, 0.15) is 5.56 Å². The Morgan fingerprint density at radius 1 is 1.32 bits per heavy atom. The van der Waals surface area contributed by atoms with Gasteiger partial charge in [0, 0.05) is 19.2 Å². The van der Waals surface area contributed by atoms with Crippen molar-refractivity contribution in [2.75, 3.05) is 29.5 Å². The first-order chi connectivity index (χ1) is 8.93. The smallest absolute Gasteiger partial charge is 0.293 e. The third kappa shape index (κ3) is 2.82. The van der Waals surface area contributed by atoms with Gasteiger partial charge in [0.1, 0.15) is 5.69 Å². The lowest BCUT2D eigenvalue weighted by atomic mass is 10.1. The summed E-state index contributed by atoms with van der Waals surface area (Å²) in [5.41, 5.74) is 0.400. The molecule has 1 aliphatic rings. The zero-order valence-electron chi connectivity index (χ0n) is 9.94. The van der Waals surface area contributed by atoms with Gasteiger partial charge in [0.25, 0.3) is 5.69 Å². The van der Waals surface area contributed by atoms with Crippen molar-refractivity contribution in [2.45, 2.75) is 0 Å². The standard InChI is InChI=1S/C11H11N3O4S/c12-8-9-1-2-10(11(7-9)14(15)16)13-3-5-19(17,18)6-4-13/h1-2,7H,3-6H2. The van der Waals surface area contributed by atoms with E-state index in [2.05, 4.69) is 0 Å². The highest BCUT2D eigenvalue weighted by Crippen LogP contribution is 2.30. The van der Waals surface area contributed by atoms with E-state index >= 15 is 0 Å². The van der Waals surface area contributed by atoms with Crippen LogP contribution in [0.15, 0.2) is 18.2 Å². The van der Waals surface area contributed by atoms with Crippen molar-refractivity contribution in [1.82, 2.24) is 0 Å². The molecule has 0 spiro atoms. The highest BCUT2D eigenvalue weighted by molar-refractivity contribution is 7.91. The third-order valence-electron chi connectivity index (χ3n) is 2.99. The number of sulfone groups is 1. The van der Waals surface area contributed by atoms with Gasteiger partial charge in [-0.05, 0) is 12.1 Å². The van der Waals surface area contributed by atoms with Gasteiger partial charge in [-0.25, -0.2) is 8.42 Å².